The van der Waals surface area contributed by atoms with Crippen LogP contribution >= 0.6 is 0 Å². The molecule has 0 aromatic carbocycles. The number of hydrogen-bond donors (Lipinski definition) is 1. The fourth-order valence-corrected chi connectivity index (χ4v) is 2.99. The Morgan fingerprint density at radius 2 is 2.24 bits per heavy atom. The molecular weight excluding hydrogens is 212 g/mol. The van der Waals surface area contributed by atoms with Gasteiger partial charge < -0.3 is 10.2 Å². The van der Waals surface area contributed by atoms with Gasteiger partial charge in [-0.1, -0.05) is 0 Å². The number of nitrogens with one attached hydrogen (secondary N) is 1. The summed E-state index contributed by atoms with van der Waals surface area (Å²) >= 11 is 0. The van der Waals surface area contributed by atoms with Crippen LogP contribution in [0.2, 0.25) is 0 Å². The third kappa shape index (κ3) is 1.80. The number of anilines is 1. The van der Waals surface area contributed by atoms with Gasteiger partial charge in [-0.25, -0.2) is 9.97 Å². The molecule has 2 aliphatic heterocycles. The van der Waals surface area contributed by atoms with E-state index in [1.54, 1.807) is 6.33 Å². The zero-order valence-corrected chi connectivity index (χ0v) is 10.7. The molecule has 3 rings (SSSR count). The molecule has 17 heavy (non-hydrogen) atoms. The highest BCUT2D eigenvalue weighted by molar-refractivity contribution is 5.52. The van der Waals surface area contributed by atoms with Gasteiger partial charge in [0.25, 0.3) is 0 Å². The van der Waals surface area contributed by atoms with E-state index < -0.39 is 0 Å². The molecule has 1 aromatic rings. The van der Waals surface area contributed by atoms with Gasteiger partial charge in [-0.15, -0.1) is 0 Å². The van der Waals surface area contributed by atoms with Gasteiger partial charge in [0.2, 0.25) is 0 Å². The minimum atomic E-state index is 0.236. The van der Waals surface area contributed by atoms with E-state index in [0.717, 1.165) is 31.9 Å². The molecule has 0 atom stereocenters. The summed E-state index contributed by atoms with van der Waals surface area (Å²) in [6, 6.07) is 0. The Balaban J connectivity index is 2.03. The van der Waals surface area contributed by atoms with Crippen molar-refractivity contribution in [2.45, 2.75) is 45.2 Å². The lowest BCUT2D eigenvalue weighted by atomic mass is 10.0. The van der Waals surface area contributed by atoms with E-state index in [0.29, 0.717) is 0 Å². The van der Waals surface area contributed by atoms with Gasteiger partial charge in [0.05, 0.1) is 5.69 Å². The molecule has 1 N–H and O–H groups in total. The summed E-state index contributed by atoms with van der Waals surface area (Å²) in [5.74, 6) is 1.16. The monoisotopic (exact) mass is 232 g/mol. The predicted molar refractivity (Wildman–Crippen MR) is 68.1 cm³/mol. The van der Waals surface area contributed by atoms with Crippen molar-refractivity contribution in [3.8, 4) is 0 Å². The predicted octanol–water partition coefficient (Wildman–Crippen LogP) is 1.50. The van der Waals surface area contributed by atoms with Gasteiger partial charge in [-0.3, -0.25) is 0 Å². The van der Waals surface area contributed by atoms with Crippen LogP contribution in [0.5, 0.6) is 0 Å². The van der Waals surface area contributed by atoms with Crippen molar-refractivity contribution >= 4 is 5.82 Å². The first kappa shape index (κ1) is 11.0. The molecule has 92 valence electrons. The summed E-state index contributed by atoms with van der Waals surface area (Å²) in [4.78, 5) is 11.4. The molecule has 3 heterocycles. The van der Waals surface area contributed by atoms with Crippen molar-refractivity contribution < 1.29 is 0 Å². The summed E-state index contributed by atoms with van der Waals surface area (Å²) < 4.78 is 0. The highest BCUT2D eigenvalue weighted by Crippen LogP contribution is 2.35. The second kappa shape index (κ2) is 3.95. The molecule has 0 aliphatic carbocycles. The zero-order chi connectivity index (χ0) is 11.9. The van der Waals surface area contributed by atoms with Crippen LogP contribution in [0, 0.1) is 0 Å². The highest BCUT2D eigenvalue weighted by atomic mass is 15.3. The maximum Gasteiger partial charge on any atom is 0.137 e. The van der Waals surface area contributed by atoms with Crippen LogP contribution < -0.4 is 10.2 Å². The van der Waals surface area contributed by atoms with Gasteiger partial charge >= 0.3 is 0 Å². The first-order valence-electron chi connectivity index (χ1n) is 6.49. The largest absolute Gasteiger partial charge is 0.351 e. The topological polar surface area (TPSA) is 41.1 Å². The normalized spacial score (nSPS) is 22.6. The standard InChI is InChI=1S/C13H20N4/c1-13(2)5-3-7-17(13)12-10-8-14-6-4-11(10)15-9-16-12/h9,14H,3-8H2,1-2H3. The van der Waals surface area contributed by atoms with Crippen molar-refractivity contribution in [2.24, 2.45) is 0 Å². The van der Waals surface area contributed by atoms with Crippen molar-refractivity contribution in [3.05, 3.63) is 17.6 Å². The lowest BCUT2D eigenvalue weighted by molar-refractivity contribution is 0.509. The Hall–Kier alpha value is -1.16. The van der Waals surface area contributed by atoms with E-state index in [2.05, 4.69) is 34.0 Å². The Labute approximate surface area is 102 Å². The summed E-state index contributed by atoms with van der Waals surface area (Å²) in [7, 11) is 0. The van der Waals surface area contributed by atoms with Crippen molar-refractivity contribution in [2.75, 3.05) is 18.0 Å². The summed E-state index contributed by atoms with van der Waals surface area (Å²) in [5, 5.41) is 3.43. The lowest BCUT2D eigenvalue weighted by Crippen LogP contribution is -2.40. The first-order valence-corrected chi connectivity index (χ1v) is 6.49. The molecule has 0 saturated carbocycles. The van der Waals surface area contributed by atoms with Gasteiger partial charge in [-0.05, 0) is 26.7 Å². The first-order chi connectivity index (χ1) is 8.18. The average Bonchev–Trinajstić information content (AvgIpc) is 2.68. The van der Waals surface area contributed by atoms with E-state index in [4.69, 9.17) is 0 Å². The number of hydrogen-bond acceptors (Lipinski definition) is 4. The summed E-state index contributed by atoms with van der Waals surface area (Å²) in [5.41, 5.74) is 2.78. The summed E-state index contributed by atoms with van der Waals surface area (Å²) in [6.45, 7) is 7.69. The van der Waals surface area contributed by atoms with E-state index >= 15 is 0 Å². The van der Waals surface area contributed by atoms with Crippen LogP contribution in [0.3, 0.4) is 0 Å². The molecule has 0 spiro atoms. The Kier molecular flexibility index (Phi) is 2.54. The number of nitrogens with zero attached hydrogens (tertiary/aromatic N) is 3. The van der Waals surface area contributed by atoms with Gasteiger partial charge in [0.15, 0.2) is 0 Å². The van der Waals surface area contributed by atoms with Crippen LogP contribution in [-0.4, -0.2) is 28.6 Å². The van der Waals surface area contributed by atoms with E-state index in [1.165, 1.54) is 24.1 Å². The van der Waals surface area contributed by atoms with Crippen molar-refractivity contribution in [3.63, 3.8) is 0 Å². The van der Waals surface area contributed by atoms with Crippen molar-refractivity contribution in [1.29, 1.82) is 0 Å². The van der Waals surface area contributed by atoms with E-state index in [9.17, 15) is 0 Å². The molecule has 0 unspecified atom stereocenters. The molecule has 0 bridgehead atoms. The molecule has 4 nitrogen and oxygen atoms in total. The molecular formula is C13H20N4. The molecule has 4 heteroatoms. The second-order valence-corrected chi connectivity index (χ2v) is 5.62. The van der Waals surface area contributed by atoms with E-state index in [1.807, 2.05) is 0 Å². The van der Waals surface area contributed by atoms with Crippen LogP contribution in [0.1, 0.15) is 37.9 Å². The Morgan fingerprint density at radius 1 is 1.35 bits per heavy atom. The zero-order valence-electron chi connectivity index (χ0n) is 10.7. The smallest absolute Gasteiger partial charge is 0.137 e. The van der Waals surface area contributed by atoms with Crippen LogP contribution in [0.4, 0.5) is 5.82 Å². The van der Waals surface area contributed by atoms with E-state index in [-0.39, 0.29) is 5.54 Å². The van der Waals surface area contributed by atoms with Crippen LogP contribution in [0.15, 0.2) is 6.33 Å². The quantitative estimate of drug-likeness (QED) is 0.796. The third-order valence-corrected chi connectivity index (χ3v) is 4.01. The van der Waals surface area contributed by atoms with Gasteiger partial charge in [0, 0.05) is 37.2 Å². The maximum absolute atomic E-state index is 4.54. The lowest BCUT2D eigenvalue weighted by Gasteiger charge is -2.35. The molecule has 2 aliphatic rings. The van der Waals surface area contributed by atoms with Gasteiger partial charge in [-0.2, -0.15) is 0 Å². The number of rotatable bonds is 1. The molecule has 0 amide bonds. The van der Waals surface area contributed by atoms with Crippen LogP contribution in [-0.2, 0) is 13.0 Å². The third-order valence-electron chi connectivity index (χ3n) is 4.01. The van der Waals surface area contributed by atoms with Crippen LogP contribution in [0.25, 0.3) is 0 Å². The fourth-order valence-electron chi connectivity index (χ4n) is 2.99. The molecule has 1 fully saturated rings. The Bertz CT molecular complexity index is 427. The second-order valence-electron chi connectivity index (χ2n) is 5.62. The molecule has 0 radical (unpaired) electrons. The molecule has 1 aromatic heterocycles. The van der Waals surface area contributed by atoms with Crippen molar-refractivity contribution in [1.82, 2.24) is 15.3 Å². The van der Waals surface area contributed by atoms with Gasteiger partial charge in [0.1, 0.15) is 12.1 Å². The minimum Gasteiger partial charge on any atom is -0.351 e. The minimum absolute atomic E-state index is 0.236. The highest BCUT2D eigenvalue weighted by Gasteiger charge is 2.34. The SMILES string of the molecule is CC1(C)CCCN1c1ncnc2c1CNCC2. The molecule has 1 saturated heterocycles. The number of fused-ring (bicyclic) bond motifs is 1. The summed E-state index contributed by atoms with van der Waals surface area (Å²) in [6.07, 6.45) is 5.27. The average molecular weight is 232 g/mol. The maximum atomic E-state index is 4.54. The Morgan fingerprint density at radius 3 is 3.00 bits per heavy atom. The fraction of sp³-hybridized carbons (Fsp3) is 0.692. The number of aromatic nitrogens is 2.